The van der Waals surface area contributed by atoms with Gasteiger partial charge in [-0.1, -0.05) is 18.2 Å². The Kier molecular flexibility index (Phi) is 4.98. The second-order valence-electron chi connectivity index (χ2n) is 7.50. The van der Waals surface area contributed by atoms with Gasteiger partial charge < -0.3 is 4.90 Å². The first kappa shape index (κ1) is 17.2. The van der Waals surface area contributed by atoms with Gasteiger partial charge in [0.05, 0.1) is 6.42 Å². The first-order chi connectivity index (χ1) is 12.7. The van der Waals surface area contributed by atoms with Gasteiger partial charge in [-0.05, 0) is 48.1 Å². The maximum absolute atomic E-state index is 13.1. The molecule has 3 aliphatic rings. The lowest BCUT2D eigenvalue weighted by Crippen LogP contribution is -2.48. The highest BCUT2D eigenvalue weighted by Crippen LogP contribution is 2.29. The van der Waals surface area contributed by atoms with Crippen molar-refractivity contribution in [3.05, 3.63) is 65.7 Å². The van der Waals surface area contributed by atoms with Gasteiger partial charge in [-0.2, -0.15) is 0 Å². The first-order valence-electron chi connectivity index (χ1n) is 9.32. The van der Waals surface area contributed by atoms with Crippen LogP contribution >= 0.6 is 0 Å². The van der Waals surface area contributed by atoms with Gasteiger partial charge in [0.15, 0.2) is 0 Å². The molecule has 5 heteroatoms. The Hall–Kier alpha value is -2.27. The van der Waals surface area contributed by atoms with Crippen LogP contribution in [0.4, 0.5) is 4.39 Å². The molecule has 0 aliphatic carbocycles. The fraction of sp³-hybridized carbons (Fsp3) is 0.429. The van der Waals surface area contributed by atoms with E-state index in [0.717, 1.165) is 43.7 Å². The van der Waals surface area contributed by atoms with Crippen molar-refractivity contribution in [2.45, 2.75) is 31.8 Å². The van der Waals surface area contributed by atoms with Crippen LogP contribution in [0.5, 0.6) is 0 Å². The zero-order chi connectivity index (χ0) is 17.9. The summed E-state index contributed by atoms with van der Waals surface area (Å²) in [4.78, 5) is 21.5. The molecule has 1 aromatic carbocycles. The summed E-state index contributed by atoms with van der Waals surface area (Å²) in [5, 5.41) is 0. The second kappa shape index (κ2) is 7.54. The van der Waals surface area contributed by atoms with E-state index in [2.05, 4.69) is 14.8 Å². The standard InChI is InChI=1S/C21H24FN3O/c22-19-6-3-16(4-7-19)12-24-13-18-5-8-20(15-24)25(14-18)21(26)10-17-2-1-9-23-11-17/h1-4,6-7,9,11,18,20H,5,8,10,12-15H2/t18-,20+/m1/s1. The summed E-state index contributed by atoms with van der Waals surface area (Å²) < 4.78 is 13.1. The van der Waals surface area contributed by atoms with Gasteiger partial charge in [-0.3, -0.25) is 14.7 Å². The Labute approximate surface area is 153 Å². The van der Waals surface area contributed by atoms with E-state index in [9.17, 15) is 9.18 Å². The molecule has 0 saturated carbocycles. The fourth-order valence-electron chi connectivity index (χ4n) is 4.24. The Balaban J connectivity index is 1.42. The molecule has 26 heavy (non-hydrogen) atoms. The lowest BCUT2D eigenvalue weighted by atomic mass is 9.94. The van der Waals surface area contributed by atoms with Crippen molar-refractivity contribution in [3.63, 3.8) is 0 Å². The monoisotopic (exact) mass is 353 g/mol. The predicted octanol–water partition coefficient (Wildman–Crippen LogP) is 2.89. The van der Waals surface area contributed by atoms with Gasteiger partial charge in [-0.25, -0.2) is 4.39 Å². The molecule has 2 atom stereocenters. The molecule has 0 unspecified atom stereocenters. The molecule has 0 radical (unpaired) electrons. The number of rotatable bonds is 4. The minimum absolute atomic E-state index is 0.197. The smallest absolute Gasteiger partial charge is 0.227 e. The van der Waals surface area contributed by atoms with Crippen LogP contribution in [0.3, 0.4) is 0 Å². The van der Waals surface area contributed by atoms with E-state index >= 15 is 0 Å². The van der Waals surface area contributed by atoms with E-state index in [0.29, 0.717) is 12.3 Å². The predicted molar refractivity (Wildman–Crippen MR) is 97.8 cm³/mol. The summed E-state index contributed by atoms with van der Waals surface area (Å²) in [6.07, 6.45) is 6.18. The molecule has 4 nitrogen and oxygen atoms in total. The average Bonchev–Trinajstić information content (AvgIpc) is 2.95. The van der Waals surface area contributed by atoms with Crippen molar-refractivity contribution >= 4 is 5.91 Å². The first-order valence-corrected chi connectivity index (χ1v) is 9.32. The number of carbonyl (C=O) groups excluding carboxylic acids is 1. The van der Waals surface area contributed by atoms with Crippen LogP contribution < -0.4 is 0 Å². The highest BCUT2D eigenvalue weighted by atomic mass is 19.1. The van der Waals surface area contributed by atoms with E-state index in [-0.39, 0.29) is 17.8 Å². The van der Waals surface area contributed by atoms with Gasteiger partial charge in [0.25, 0.3) is 0 Å². The number of fused-ring (bicyclic) bond motifs is 4. The molecule has 3 fully saturated rings. The normalized spacial score (nSPS) is 23.0. The number of carbonyl (C=O) groups is 1. The molecule has 3 aliphatic heterocycles. The van der Waals surface area contributed by atoms with E-state index in [1.165, 1.54) is 18.6 Å². The molecule has 136 valence electrons. The van der Waals surface area contributed by atoms with Gasteiger partial charge >= 0.3 is 0 Å². The minimum Gasteiger partial charge on any atom is -0.338 e. The van der Waals surface area contributed by atoms with E-state index in [1.807, 2.05) is 24.3 Å². The zero-order valence-corrected chi connectivity index (χ0v) is 14.9. The van der Waals surface area contributed by atoms with Gasteiger partial charge in [0.2, 0.25) is 5.91 Å². The number of aromatic nitrogens is 1. The van der Waals surface area contributed by atoms with Crippen LogP contribution in [-0.2, 0) is 17.8 Å². The molecule has 1 amide bonds. The van der Waals surface area contributed by atoms with E-state index in [4.69, 9.17) is 0 Å². The summed E-state index contributed by atoms with van der Waals surface area (Å²) in [6, 6.07) is 10.9. The lowest BCUT2D eigenvalue weighted by molar-refractivity contribution is -0.134. The topological polar surface area (TPSA) is 36.4 Å². The maximum Gasteiger partial charge on any atom is 0.227 e. The number of hydrogen-bond acceptors (Lipinski definition) is 3. The zero-order valence-electron chi connectivity index (χ0n) is 14.9. The van der Waals surface area contributed by atoms with Crippen LogP contribution in [0, 0.1) is 11.7 Å². The molecular formula is C21H24FN3O. The van der Waals surface area contributed by atoms with Crippen LogP contribution in [0.25, 0.3) is 0 Å². The number of halogens is 1. The van der Waals surface area contributed by atoms with E-state index < -0.39 is 0 Å². The summed E-state index contributed by atoms with van der Waals surface area (Å²) in [6.45, 7) is 3.57. The van der Waals surface area contributed by atoms with Crippen molar-refractivity contribution in [2.24, 2.45) is 5.92 Å². The Morgan fingerprint density at radius 2 is 1.92 bits per heavy atom. The number of piperidine rings is 1. The molecular weight excluding hydrogens is 329 g/mol. The third-order valence-corrected chi connectivity index (χ3v) is 5.51. The van der Waals surface area contributed by atoms with Gasteiger partial charge in [-0.15, -0.1) is 0 Å². The summed E-state index contributed by atoms with van der Waals surface area (Å²) in [7, 11) is 0. The largest absolute Gasteiger partial charge is 0.338 e. The van der Waals surface area contributed by atoms with Crippen LogP contribution in [0.15, 0.2) is 48.8 Å². The van der Waals surface area contributed by atoms with Crippen molar-refractivity contribution in [1.29, 1.82) is 0 Å². The highest BCUT2D eigenvalue weighted by Gasteiger charge is 2.36. The van der Waals surface area contributed by atoms with Crippen LogP contribution in [0.1, 0.15) is 24.0 Å². The molecule has 0 spiro atoms. The maximum atomic E-state index is 13.1. The second-order valence-corrected chi connectivity index (χ2v) is 7.50. The SMILES string of the molecule is O=C(Cc1cccnc1)N1C[C@@H]2CC[C@H]1CN(Cc1ccc(F)cc1)C2. The van der Waals surface area contributed by atoms with Crippen LogP contribution in [-0.4, -0.2) is 46.4 Å². The Bertz CT molecular complexity index is 750. The quantitative estimate of drug-likeness (QED) is 0.848. The van der Waals surface area contributed by atoms with Crippen molar-refractivity contribution in [3.8, 4) is 0 Å². The Morgan fingerprint density at radius 1 is 1.08 bits per heavy atom. The van der Waals surface area contributed by atoms with Crippen molar-refractivity contribution < 1.29 is 9.18 Å². The number of pyridine rings is 1. The summed E-state index contributed by atoms with van der Waals surface area (Å²) in [5.74, 6) is 0.528. The highest BCUT2D eigenvalue weighted by molar-refractivity contribution is 5.79. The van der Waals surface area contributed by atoms with Crippen molar-refractivity contribution in [1.82, 2.24) is 14.8 Å². The fourth-order valence-corrected chi connectivity index (χ4v) is 4.24. The minimum atomic E-state index is -0.197. The Morgan fingerprint density at radius 3 is 2.69 bits per heavy atom. The number of benzene rings is 1. The third kappa shape index (κ3) is 3.93. The van der Waals surface area contributed by atoms with Gasteiger partial charge in [0.1, 0.15) is 5.82 Å². The van der Waals surface area contributed by atoms with Crippen LogP contribution in [0.2, 0.25) is 0 Å². The summed E-state index contributed by atoms with van der Waals surface area (Å²) in [5.41, 5.74) is 2.10. The lowest BCUT2D eigenvalue weighted by Gasteiger charge is -2.36. The third-order valence-electron chi connectivity index (χ3n) is 5.51. The molecule has 3 saturated heterocycles. The summed E-state index contributed by atoms with van der Waals surface area (Å²) >= 11 is 0. The van der Waals surface area contributed by atoms with Crippen molar-refractivity contribution in [2.75, 3.05) is 19.6 Å². The number of nitrogens with zero attached hydrogens (tertiary/aromatic N) is 3. The number of hydrogen-bond donors (Lipinski definition) is 0. The molecule has 2 aromatic rings. The molecule has 5 rings (SSSR count). The molecule has 1 aromatic heterocycles. The molecule has 4 heterocycles. The molecule has 2 bridgehead atoms. The number of amides is 1. The molecule has 0 N–H and O–H groups in total. The van der Waals surface area contributed by atoms with Gasteiger partial charge in [0, 0.05) is 44.6 Å². The average molecular weight is 353 g/mol. The van der Waals surface area contributed by atoms with E-state index in [1.54, 1.807) is 12.4 Å².